The van der Waals surface area contributed by atoms with Gasteiger partial charge < -0.3 is 4.42 Å². The molecule has 0 radical (unpaired) electrons. The highest BCUT2D eigenvalue weighted by Crippen LogP contribution is 2.31. The zero-order valence-electron chi connectivity index (χ0n) is 11.0. The molecule has 0 aliphatic rings. The van der Waals surface area contributed by atoms with Crippen molar-refractivity contribution in [3.63, 3.8) is 0 Å². The highest BCUT2D eigenvalue weighted by atomic mass is 32.2. The first-order valence-corrected chi connectivity index (χ1v) is 7.18. The summed E-state index contributed by atoms with van der Waals surface area (Å²) in [6.07, 6.45) is 0. The van der Waals surface area contributed by atoms with Gasteiger partial charge in [-0.2, -0.15) is 0 Å². The maximum absolute atomic E-state index is 5.44. The van der Waals surface area contributed by atoms with Crippen molar-refractivity contribution in [3.05, 3.63) is 47.7 Å². The van der Waals surface area contributed by atoms with Gasteiger partial charge in [-0.05, 0) is 18.4 Å². The number of aromatic nitrogens is 2. The average molecular weight is 262 g/mol. The zero-order chi connectivity index (χ0) is 13.0. The molecular formula is C14H18N2OS. The topological polar surface area (TPSA) is 38.9 Å². The van der Waals surface area contributed by atoms with E-state index in [1.807, 2.05) is 24.8 Å². The molecule has 1 aromatic carbocycles. The summed E-state index contributed by atoms with van der Waals surface area (Å²) in [5.74, 6) is 2.93. The molecule has 2 aromatic rings. The molecule has 3 nitrogen and oxygen atoms in total. The Labute approximate surface area is 112 Å². The fourth-order valence-corrected chi connectivity index (χ4v) is 2.72. The summed E-state index contributed by atoms with van der Waals surface area (Å²) in [6, 6.07) is 10.6. The Morgan fingerprint density at radius 2 is 1.89 bits per heavy atom. The predicted molar refractivity (Wildman–Crippen MR) is 74.8 cm³/mol. The summed E-state index contributed by atoms with van der Waals surface area (Å²) >= 11 is 1.85. The molecule has 18 heavy (non-hydrogen) atoms. The van der Waals surface area contributed by atoms with E-state index in [0.717, 1.165) is 11.6 Å². The molecule has 0 fully saturated rings. The van der Waals surface area contributed by atoms with Crippen LogP contribution in [0.1, 0.15) is 42.4 Å². The lowest BCUT2D eigenvalue weighted by molar-refractivity contribution is 0.470. The van der Waals surface area contributed by atoms with E-state index < -0.39 is 0 Å². The number of thioether (sulfide) groups is 1. The van der Waals surface area contributed by atoms with Crippen LogP contribution in [0.2, 0.25) is 0 Å². The van der Waals surface area contributed by atoms with Crippen LogP contribution in [-0.2, 0) is 0 Å². The molecule has 0 saturated carbocycles. The van der Waals surface area contributed by atoms with Crippen molar-refractivity contribution >= 4 is 11.8 Å². The number of hydrogen-bond acceptors (Lipinski definition) is 4. The normalized spacial score (nSPS) is 14.4. The number of hydrogen-bond donors (Lipinski definition) is 0. The van der Waals surface area contributed by atoms with Crippen molar-refractivity contribution in [2.45, 2.75) is 31.9 Å². The van der Waals surface area contributed by atoms with Crippen molar-refractivity contribution in [2.75, 3.05) is 5.75 Å². The molecule has 1 aromatic heterocycles. The highest BCUT2D eigenvalue weighted by molar-refractivity contribution is 7.99. The van der Waals surface area contributed by atoms with E-state index in [0.29, 0.717) is 11.8 Å². The van der Waals surface area contributed by atoms with E-state index >= 15 is 0 Å². The summed E-state index contributed by atoms with van der Waals surface area (Å²) in [5.41, 5.74) is 1.37. The van der Waals surface area contributed by atoms with Crippen molar-refractivity contribution in [2.24, 2.45) is 0 Å². The Hall–Kier alpha value is -1.29. The Bertz CT molecular complexity index is 484. The van der Waals surface area contributed by atoms with Crippen LogP contribution in [0.25, 0.3) is 0 Å². The number of nitrogens with zero attached hydrogens (tertiary/aromatic N) is 2. The number of aryl methyl sites for hydroxylation is 1. The summed E-state index contributed by atoms with van der Waals surface area (Å²) in [6.45, 7) is 6.17. The molecule has 2 rings (SSSR count). The maximum atomic E-state index is 5.44. The van der Waals surface area contributed by atoms with Crippen LogP contribution in [0.5, 0.6) is 0 Å². The lowest BCUT2D eigenvalue weighted by Crippen LogP contribution is -1.99. The molecule has 2 atom stereocenters. The van der Waals surface area contributed by atoms with Crippen molar-refractivity contribution in [1.29, 1.82) is 0 Å². The van der Waals surface area contributed by atoms with Crippen LogP contribution >= 0.6 is 11.8 Å². The lowest BCUT2D eigenvalue weighted by Gasteiger charge is -2.13. The van der Waals surface area contributed by atoms with Gasteiger partial charge >= 0.3 is 0 Å². The summed E-state index contributed by atoms with van der Waals surface area (Å²) in [4.78, 5) is 0. The lowest BCUT2D eigenvalue weighted by atomic mass is 10.0. The van der Waals surface area contributed by atoms with Gasteiger partial charge in [-0.1, -0.05) is 37.3 Å². The SMILES string of the molecule is Cc1nnc([C@@H](C)SC[C@@H](C)c2ccccc2)o1. The fraction of sp³-hybridized carbons (Fsp3) is 0.429. The quantitative estimate of drug-likeness (QED) is 0.817. The summed E-state index contributed by atoms with van der Waals surface area (Å²) < 4.78 is 5.44. The third-order valence-corrected chi connectivity index (χ3v) is 4.25. The van der Waals surface area contributed by atoms with Gasteiger partial charge in [0.25, 0.3) is 0 Å². The van der Waals surface area contributed by atoms with Crippen LogP contribution in [0.3, 0.4) is 0 Å². The maximum Gasteiger partial charge on any atom is 0.229 e. The molecule has 0 spiro atoms. The van der Waals surface area contributed by atoms with Gasteiger partial charge in [0.15, 0.2) is 0 Å². The Morgan fingerprint density at radius 1 is 1.17 bits per heavy atom. The minimum atomic E-state index is 0.248. The van der Waals surface area contributed by atoms with Gasteiger partial charge in [-0.25, -0.2) is 0 Å². The third-order valence-electron chi connectivity index (χ3n) is 2.85. The van der Waals surface area contributed by atoms with Crippen LogP contribution in [0, 0.1) is 6.92 Å². The smallest absolute Gasteiger partial charge is 0.229 e. The largest absolute Gasteiger partial charge is 0.424 e. The van der Waals surface area contributed by atoms with E-state index in [4.69, 9.17) is 4.42 Å². The van der Waals surface area contributed by atoms with Crippen LogP contribution < -0.4 is 0 Å². The van der Waals surface area contributed by atoms with Gasteiger partial charge in [0.1, 0.15) is 0 Å². The van der Waals surface area contributed by atoms with E-state index in [2.05, 4.69) is 48.3 Å². The van der Waals surface area contributed by atoms with Crippen molar-refractivity contribution < 1.29 is 4.42 Å². The number of benzene rings is 1. The van der Waals surface area contributed by atoms with Gasteiger partial charge in [0.05, 0.1) is 5.25 Å². The molecule has 0 N–H and O–H groups in total. The Balaban J connectivity index is 1.88. The monoisotopic (exact) mass is 262 g/mol. The predicted octanol–water partition coefficient (Wildman–Crippen LogP) is 3.98. The molecule has 96 valence electrons. The minimum Gasteiger partial charge on any atom is -0.424 e. The van der Waals surface area contributed by atoms with Crippen LogP contribution in [-0.4, -0.2) is 16.0 Å². The molecular weight excluding hydrogens is 244 g/mol. The van der Waals surface area contributed by atoms with E-state index in [1.165, 1.54) is 5.56 Å². The second-order valence-corrected chi connectivity index (χ2v) is 5.82. The molecule has 0 amide bonds. The molecule has 1 heterocycles. The Kier molecular flexibility index (Phi) is 4.42. The van der Waals surface area contributed by atoms with Gasteiger partial charge in [-0.15, -0.1) is 22.0 Å². The fourth-order valence-electron chi connectivity index (χ4n) is 1.71. The van der Waals surface area contributed by atoms with Crippen molar-refractivity contribution in [3.8, 4) is 0 Å². The first-order chi connectivity index (χ1) is 8.66. The van der Waals surface area contributed by atoms with Gasteiger partial charge in [0.2, 0.25) is 11.8 Å². The second kappa shape index (κ2) is 6.05. The number of rotatable bonds is 5. The second-order valence-electron chi connectivity index (χ2n) is 4.45. The molecule has 0 unspecified atom stereocenters. The third kappa shape index (κ3) is 3.35. The van der Waals surface area contributed by atoms with Gasteiger partial charge in [-0.3, -0.25) is 0 Å². The van der Waals surface area contributed by atoms with Crippen molar-refractivity contribution in [1.82, 2.24) is 10.2 Å². The van der Waals surface area contributed by atoms with E-state index in [1.54, 1.807) is 0 Å². The molecule has 0 aliphatic heterocycles. The minimum absolute atomic E-state index is 0.248. The standard InChI is InChI=1S/C14H18N2OS/c1-10(13-7-5-4-6-8-13)9-18-11(2)14-16-15-12(3)17-14/h4-8,10-11H,9H2,1-3H3/t10-,11-/m1/s1. The first kappa shape index (κ1) is 13.1. The average Bonchev–Trinajstić information content (AvgIpc) is 2.83. The molecule has 4 heteroatoms. The Morgan fingerprint density at radius 3 is 2.50 bits per heavy atom. The van der Waals surface area contributed by atoms with Crippen LogP contribution in [0.4, 0.5) is 0 Å². The molecule has 0 saturated heterocycles. The molecule has 0 aliphatic carbocycles. The van der Waals surface area contributed by atoms with E-state index in [-0.39, 0.29) is 5.25 Å². The highest BCUT2D eigenvalue weighted by Gasteiger charge is 2.15. The summed E-state index contributed by atoms with van der Waals surface area (Å²) in [7, 11) is 0. The molecule has 0 bridgehead atoms. The van der Waals surface area contributed by atoms with E-state index in [9.17, 15) is 0 Å². The summed E-state index contributed by atoms with van der Waals surface area (Å²) in [5, 5.41) is 8.17. The van der Waals surface area contributed by atoms with Gasteiger partial charge in [0, 0.05) is 12.7 Å². The zero-order valence-corrected chi connectivity index (χ0v) is 11.8. The van der Waals surface area contributed by atoms with Crippen LogP contribution in [0.15, 0.2) is 34.7 Å². The first-order valence-electron chi connectivity index (χ1n) is 6.13.